The van der Waals surface area contributed by atoms with Crippen LogP contribution >= 0.6 is 0 Å². The molecular formula is C19H17F2NO4. The van der Waals surface area contributed by atoms with Gasteiger partial charge in [-0.3, -0.25) is 9.59 Å². The standard InChI is InChI=1S/C19H17F2NO4/c1-12(23)16(10-13-6-3-2-4-7-13)22-17(24)11-26-19(25)18-14(20)8-5-9-15(18)21/h2-9,16H,10-11H2,1H3,(H,22,24). The highest BCUT2D eigenvalue weighted by molar-refractivity contribution is 5.93. The van der Waals surface area contributed by atoms with E-state index < -0.39 is 41.7 Å². The lowest BCUT2D eigenvalue weighted by Gasteiger charge is -2.16. The largest absolute Gasteiger partial charge is 0.452 e. The van der Waals surface area contributed by atoms with Crippen LogP contribution in [0.3, 0.4) is 0 Å². The summed E-state index contributed by atoms with van der Waals surface area (Å²) in [5.74, 6) is -4.47. The average molecular weight is 361 g/mol. The van der Waals surface area contributed by atoms with E-state index in [9.17, 15) is 23.2 Å². The van der Waals surface area contributed by atoms with Crippen LogP contribution in [0.25, 0.3) is 0 Å². The third-order valence-corrected chi connectivity index (χ3v) is 3.61. The molecule has 0 radical (unpaired) electrons. The Bertz CT molecular complexity index is 788. The van der Waals surface area contributed by atoms with Gasteiger partial charge in [-0.1, -0.05) is 36.4 Å². The molecule has 0 fully saturated rings. The lowest BCUT2D eigenvalue weighted by atomic mass is 10.0. The van der Waals surface area contributed by atoms with Crippen LogP contribution in [0.1, 0.15) is 22.8 Å². The van der Waals surface area contributed by atoms with Crippen LogP contribution in [0.4, 0.5) is 8.78 Å². The van der Waals surface area contributed by atoms with Gasteiger partial charge in [-0.15, -0.1) is 0 Å². The Kier molecular flexibility index (Phi) is 6.54. The van der Waals surface area contributed by atoms with Crippen molar-refractivity contribution in [3.05, 3.63) is 71.3 Å². The molecule has 1 atom stereocenters. The second-order valence-corrected chi connectivity index (χ2v) is 5.59. The molecule has 0 heterocycles. The molecule has 2 rings (SSSR count). The molecule has 0 aliphatic rings. The van der Waals surface area contributed by atoms with Crippen LogP contribution < -0.4 is 5.32 Å². The van der Waals surface area contributed by atoms with Crippen LogP contribution in [0.2, 0.25) is 0 Å². The summed E-state index contributed by atoms with van der Waals surface area (Å²) in [6.45, 7) is 0.569. The summed E-state index contributed by atoms with van der Waals surface area (Å²) in [5, 5.41) is 2.45. The van der Waals surface area contributed by atoms with Crippen LogP contribution in [0.5, 0.6) is 0 Å². The van der Waals surface area contributed by atoms with Gasteiger partial charge in [0, 0.05) is 0 Å². The number of Topliss-reactive ketones (excluding diaryl/α,β-unsaturated/α-hetero) is 1. The molecule has 7 heteroatoms. The first-order valence-corrected chi connectivity index (χ1v) is 7.83. The van der Waals surface area contributed by atoms with Crippen molar-refractivity contribution >= 4 is 17.7 Å². The van der Waals surface area contributed by atoms with E-state index in [4.69, 9.17) is 0 Å². The van der Waals surface area contributed by atoms with Gasteiger partial charge in [-0.25, -0.2) is 13.6 Å². The highest BCUT2D eigenvalue weighted by Gasteiger charge is 2.21. The fourth-order valence-electron chi connectivity index (χ4n) is 2.28. The number of esters is 1. The maximum atomic E-state index is 13.5. The Labute approximate surface area is 149 Å². The van der Waals surface area contributed by atoms with Crippen molar-refractivity contribution in [3.8, 4) is 0 Å². The Morgan fingerprint density at radius 1 is 1.00 bits per heavy atom. The second-order valence-electron chi connectivity index (χ2n) is 5.59. The van der Waals surface area contributed by atoms with Crippen molar-refractivity contribution in [1.82, 2.24) is 5.32 Å². The number of carbonyl (C=O) groups is 3. The lowest BCUT2D eigenvalue weighted by molar-refractivity contribution is -0.128. The molecule has 26 heavy (non-hydrogen) atoms. The van der Waals surface area contributed by atoms with Crippen molar-refractivity contribution < 1.29 is 27.9 Å². The molecule has 0 spiro atoms. The Morgan fingerprint density at radius 3 is 2.19 bits per heavy atom. The van der Waals surface area contributed by atoms with E-state index in [0.29, 0.717) is 0 Å². The Balaban J connectivity index is 1.94. The normalized spacial score (nSPS) is 11.5. The molecule has 0 saturated heterocycles. The van der Waals surface area contributed by atoms with Gasteiger partial charge >= 0.3 is 5.97 Å². The SMILES string of the molecule is CC(=O)C(Cc1ccccc1)NC(=O)COC(=O)c1c(F)cccc1F. The van der Waals surface area contributed by atoms with Gasteiger partial charge in [-0.05, 0) is 31.0 Å². The Hall–Kier alpha value is -3.09. The molecular weight excluding hydrogens is 344 g/mol. The van der Waals surface area contributed by atoms with E-state index in [1.165, 1.54) is 6.92 Å². The summed E-state index contributed by atoms with van der Waals surface area (Å²) < 4.78 is 31.6. The number of hydrogen-bond acceptors (Lipinski definition) is 4. The molecule has 0 aromatic heterocycles. The number of benzene rings is 2. The van der Waals surface area contributed by atoms with E-state index in [-0.39, 0.29) is 12.2 Å². The van der Waals surface area contributed by atoms with Gasteiger partial charge in [0.15, 0.2) is 12.4 Å². The van der Waals surface area contributed by atoms with Crippen LogP contribution in [0.15, 0.2) is 48.5 Å². The summed E-state index contributed by atoms with van der Waals surface area (Å²) in [6, 6.07) is 11.2. The zero-order chi connectivity index (χ0) is 19.1. The third kappa shape index (κ3) is 5.20. The van der Waals surface area contributed by atoms with Crippen LogP contribution in [0, 0.1) is 11.6 Å². The third-order valence-electron chi connectivity index (χ3n) is 3.61. The van der Waals surface area contributed by atoms with Crippen molar-refractivity contribution in [2.24, 2.45) is 0 Å². The highest BCUT2D eigenvalue weighted by Crippen LogP contribution is 2.13. The molecule has 0 aliphatic carbocycles. The fraction of sp³-hybridized carbons (Fsp3) is 0.211. The van der Waals surface area contributed by atoms with Crippen molar-refractivity contribution in [2.75, 3.05) is 6.61 Å². The zero-order valence-electron chi connectivity index (χ0n) is 14.0. The minimum absolute atomic E-state index is 0.270. The topological polar surface area (TPSA) is 72.5 Å². The molecule has 0 aliphatic heterocycles. The molecule has 1 amide bonds. The number of halogens is 2. The fourth-order valence-corrected chi connectivity index (χ4v) is 2.28. The van der Waals surface area contributed by atoms with E-state index in [1.54, 1.807) is 12.1 Å². The Morgan fingerprint density at radius 2 is 1.62 bits per heavy atom. The predicted molar refractivity (Wildman–Crippen MR) is 89.4 cm³/mol. The number of amides is 1. The molecule has 1 unspecified atom stereocenters. The summed E-state index contributed by atoms with van der Waals surface area (Å²) in [7, 11) is 0. The molecule has 2 aromatic carbocycles. The van der Waals surface area contributed by atoms with Gasteiger partial charge in [0.05, 0.1) is 6.04 Å². The maximum Gasteiger partial charge on any atom is 0.344 e. The monoisotopic (exact) mass is 361 g/mol. The summed E-state index contributed by atoms with van der Waals surface area (Å²) in [6.07, 6.45) is 0.276. The predicted octanol–water partition coefficient (Wildman–Crippen LogP) is 2.44. The minimum Gasteiger partial charge on any atom is -0.452 e. The van der Waals surface area contributed by atoms with Gasteiger partial charge < -0.3 is 10.1 Å². The van der Waals surface area contributed by atoms with Gasteiger partial charge in [-0.2, -0.15) is 0 Å². The second kappa shape index (κ2) is 8.84. The van der Waals surface area contributed by atoms with Crippen molar-refractivity contribution in [3.63, 3.8) is 0 Å². The van der Waals surface area contributed by atoms with Gasteiger partial charge in [0.2, 0.25) is 0 Å². The molecule has 5 nitrogen and oxygen atoms in total. The number of carbonyl (C=O) groups excluding carboxylic acids is 3. The summed E-state index contributed by atoms with van der Waals surface area (Å²) in [4.78, 5) is 35.4. The number of rotatable bonds is 7. The number of nitrogens with one attached hydrogen (secondary N) is 1. The first kappa shape index (κ1) is 19.2. The molecule has 0 saturated carbocycles. The molecule has 0 bridgehead atoms. The molecule has 1 N–H and O–H groups in total. The van der Waals surface area contributed by atoms with Crippen molar-refractivity contribution in [1.29, 1.82) is 0 Å². The zero-order valence-corrected chi connectivity index (χ0v) is 14.0. The van der Waals surface area contributed by atoms with E-state index in [2.05, 4.69) is 10.1 Å². The van der Waals surface area contributed by atoms with Crippen LogP contribution in [-0.2, 0) is 20.7 Å². The first-order valence-electron chi connectivity index (χ1n) is 7.83. The highest BCUT2D eigenvalue weighted by atomic mass is 19.1. The molecule has 136 valence electrons. The van der Waals surface area contributed by atoms with E-state index in [0.717, 1.165) is 23.8 Å². The maximum absolute atomic E-state index is 13.5. The van der Waals surface area contributed by atoms with Gasteiger partial charge in [0.25, 0.3) is 5.91 Å². The van der Waals surface area contributed by atoms with E-state index in [1.807, 2.05) is 18.2 Å². The number of ketones is 1. The number of ether oxygens (including phenoxy) is 1. The first-order chi connectivity index (χ1) is 12.4. The van der Waals surface area contributed by atoms with Crippen LogP contribution in [-0.4, -0.2) is 30.3 Å². The quantitative estimate of drug-likeness (QED) is 0.769. The smallest absolute Gasteiger partial charge is 0.344 e. The van der Waals surface area contributed by atoms with Crippen molar-refractivity contribution in [2.45, 2.75) is 19.4 Å². The summed E-state index contributed by atoms with van der Waals surface area (Å²) in [5.41, 5.74) is -0.0221. The minimum atomic E-state index is -1.29. The lowest BCUT2D eigenvalue weighted by Crippen LogP contribution is -2.43. The van der Waals surface area contributed by atoms with Gasteiger partial charge in [0.1, 0.15) is 17.2 Å². The molecule has 2 aromatic rings. The average Bonchev–Trinajstić information content (AvgIpc) is 2.60. The summed E-state index contributed by atoms with van der Waals surface area (Å²) >= 11 is 0. The van der Waals surface area contributed by atoms with E-state index >= 15 is 0 Å². The number of hydrogen-bond donors (Lipinski definition) is 1.